The lowest BCUT2D eigenvalue weighted by molar-refractivity contribution is -0.135. The maximum absolute atomic E-state index is 12.5. The zero-order valence-corrected chi connectivity index (χ0v) is 15.8. The topological polar surface area (TPSA) is 52.7 Å². The van der Waals surface area contributed by atoms with E-state index < -0.39 is 0 Å². The van der Waals surface area contributed by atoms with E-state index in [0.29, 0.717) is 12.3 Å². The molecule has 1 aromatic rings. The van der Waals surface area contributed by atoms with Gasteiger partial charge in [-0.2, -0.15) is 0 Å². The molecule has 2 fully saturated rings. The Morgan fingerprint density at radius 3 is 2.35 bits per heavy atom. The van der Waals surface area contributed by atoms with Crippen molar-refractivity contribution < 1.29 is 9.59 Å². The van der Waals surface area contributed by atoms with Gasteiger partial charge in [-0.25, -0.2) is 0 Å². The Labute approximate surface area is 156 Å². The Bertz CT molecular complexity index is 591. The van der Waals surface area contributed by atoms with Gasteiger partial charge in [-0.1, -0.05) is 43.2 Å². The quantitative estimate of drug-likeness (QED) is 0.848. The predicted molar refractivity (Wildman–Crippen MR) is 103 cm³/mol. The van der Waals surface area contributed by atoms with Crippen molar-refractivity contribution in [3.63, 3.8) is 0 Å². The number of rotatable bonds is 6. The lowest BCUT2D eigenvalue weighted by atomic mass is 9.95. The summed E-state index contributed by atoms with van der Waals surface area (Å²) in [7, 11) is 1.73. The van der Waals surface area contributed by atoms with Gasteiger partial charge in [0.2, 0.25) is 11.8 Å². The van der Waals surface area contributed by atoms with Crippen molar-refractivity contribution in [3.05, 3.63) is 35.9 Å². The fraction of sp³-hybridized carbons (Fsp3) is 0.619. The van der Waals surface area contributed by atoms with Crippen LogP contribution in [-0.4, -0.2) is 60.9 Å². The summed E-state index contributed by atoms with van der Waals surface area (Å²) < 4.78 is 0. The molecule has 1 N–H and O–H groups in total. The number of amides is 2. The minimum absolute atomic E-state index is 0.0240. The largest absolute Gasteiger partial charge is 0.358 e. The molecule has 5 nitrogen and oxygen atoms in total. The second kappa shape index (κ2) is 9.17. The standard InChI is InChI=1S/C21H31N3O2/c1-22-21(26)20(18-9-5-6-10-18)24-15-13-23(14-16-24)19(25)12-11-17-7-3-2-4-8-17/h2-4,7-8,18,20H,5-6,9-16H2,1H3,(H,22,26). The van der Waals surface area contributed by atoms with Crippen molar-refractivity contribution in [1.29, 1.82) is 0 Å². The van der Waals surface area contributed by atoms with E-state index >= 15 is 0 Å². The van der Waals surface area contributed by atoms with Gasteiger partial charge in [0, 0.05) is 39.6 Å². The van der Waals surface area contributed by atoms with Crippen molar-refractivity contribution in [3.8, 4) is 0 Å². The first-order valence-electron chi connectivity index (χ1n) is 9.96. The molecule has 26 heavy (non-hydrogen) atoms. The Morgan fingerprint density at radius 2 is 1.73 bits per heavy atom. The number of carbonyl (C=O) groups excluding carboxylic acids is 2. The first-order chi connectivity index (χ1) is 12.7. The number of benzene rings is 1. The molecule has 1 atom stereocenters. The molecule has 1 unspecified atom stereocenters. The average molecular weight is 357 g/mol. The molecule has 5 heteroatoms. The summed E-state index contributed by atoms with van der Waals surface area (Å²) in [6, 6.07) is 10.1. The lowest BCUT2D eigenvalue weighted by Crippen LogP contribution is -2.57. The third kappa shape index (κ3) is 4.64. The first-order valence-corrected chi connectivity index (χ1v) is 9.96. The van der Waals surface area contributed by atoms with Gasteiger partial charge in [0.15, 0.2) is 0 Å². The zero-order valence-electron chi connectivity index (χ0n) is 15.8. The summed E-state index contributed by atoms with van der Waals surface area (Å²) in [4.78, 5) is 29.2. The van der Waals surface area contributed by atoms with Crippen LogP contribution in [0.15, 0.2) is 30.3 Å². The molecule has 2 aliphatic rings. The predicted octanol–water partition coefficient (Wildman–Crippen LogP) is 2.07. The van der Waals surface area contributed by atoms with Crippen LogP contribution in [0, 0.1) is 5.92 Å². The number of carbonyl (C=O) groups is 2. The molecule has 1 aliphatic heterocycles. The van der Waals surface area contributed by atoms with Crippen LogP contribution in [0.3, 0.4) is 0 Å². The highest BCUT2D eigenvalue weighted by Crippen LogP contribution is 2.31. The molecule has 1 saturated carbocycles. The normalized spacial score (nSPS) is 20.1. The lowest BCUT2D eigenvalue weighted by Gasteiger charge is -2.40. The molecule has 1 aliphatic carbocycles. The Hall–Kier alpha value is -1.88. The van der Waals surface area contributed by atoms with Crippen LogP contribution in [0.4, 0.5) is 0 Å². The highest BCUT2D eigenvalue weighted by molar-refractivity contribution is 5.82. The van der Waals surface area contributed by atoms with E-state index in [1.807, 2.05) is 23.1 Å². The summed E-state index contributed by atoms with van der Waals surface area (Å²) in [6.07, 6.45) is 6.11. The highest BCUT2D eigenvalue weighted by Gasteiger charge is 2.36. The fourth-order valence-corrected chi connectivity index (χ4v) is 4.40. The molecule has 3 rings (SSSR count). The number of hydrogen-bond acceptors (Lipinski definition) is 3. The summed E-state index contributed by atoms with van der Waals surface area (Å²) in [5.41, 5.74) is 1.21. The molecular weight excluding hydrogens is 326 g/mol. The molecule has 1 heterocycles. The van der Waals surface area contributed by atoms with E-state index in [9.17, 15) is 9.59 Å². The zero-order chi connectivity index (χ0) is 18.4. The number of nitrogens with one attached hydrogen (secondary N) is 1. The van der Waals surface area contributed by atoms with E-state index in [0.717, 1.165) is 45.4 Å². The first kappa shape index (κ1) is 18.9. The summed E-state index contributed by atoms with van der Waals surface area (Å²) in [5.74, 6) is 0.835. The second-order valence-corrected chi connectivity index (χ2v) is 7.51. The van der Waals surface area contributed by atoms with E-state index in [1.54, 1.807) is 7.05 Å². The monoisotopic (exact) mass is 357 g/mol. The van der Waals surface area contributed by atoms with Gasteiger partial charge >= 0.3 is 0 Å². The molecule has 0 spiro atoms. The Morgan fingerprint density at radius 1 is 1.08 bits per heavy atom. The number of likely N-dealkylation sites (N-methyl/N-ethyl adjacent to an activating group) is 1. The molecule has 1 aromatic carbocycles. The van der Waals surface area contributed by atoms with E-state index in [4.69, 9.17) is 0 Å². The van der Waals surface area contributed by atoms with Gasteiger partial charge in [-0.3, -0.25) is 14.5 Å². The van der Waals surface area contributed by atoms with Crippen molar-refractivity contribution >= 4 is 11.8 Å². The smallest absolute Gasteiger partial charge is 0.237 e. The summed E-state index contributed by atoms with van der Waals surface area (Å²) >= 11 is 0. The number of piperazine rings is 1. The molecule has 0 aromatic heterocycles. The van der Waals surface area contributed by atoms with Crippen molar-refractivity contribution in [2.24, 2.45) is 5.92 Å². The highest BCUT2D eigenvalue weighted by atomic mass is 16.2. The maximum atomic E-state index is 12.5. The molecule has 0 bridgehead atoms. The van der Waals surface area contributed by atoms with Crippen LogP contribution in [0.25, 0.3) is 0 Å². The van der Waals surface area contributed by atoms with Gasteiger partial charge in [0.05, 0.1) is 6.04 Å². The number of aryl methyl sites for hydroxylation is 1. The van der Waals surface area contributed by atoms with Gasteiger partial charge in [0.25, 0.3) is 0 Å². The van der Waals surface area contributed by atoms with E-state index in [1.165, 1.54) is 18.4 Å². The summed E-state index contributed by atoms with van der Waals surface area (Å²) in [6.45, 7) is 3.05. The Kier molecular flexibility index (Phi) is 6.67. The minimum atomic E-state index is -0.0240. The van der Waals surface area contributed by atoms with Crippen LogP contribution in [0.1, 0.15) is 37.7 Å². The fourth-order valence-electron chi connectivity index (χ4n) is 4.40. The second-order valence-electron chi connectivity index (χ2n) is 7.51. The van der Waals surface area contributed by atoms with Crippen molar-refractivity contribution in [2.75, 3.05) is 33.2 Å². The molecule has 142 valence electrons. The number of nitrogens with zero attached hydrogens (tertiary/aromatic N) is 2. The van der Waals surface area contributed by atoms with E-state index in [-0.39, 0.29) is 17.9 Å². The van der Waals surface area contributed by atoms with Crippen LogP contribution in [0.5, 0.6) is 0 Å². The molecule has 1 saturated heterocycles. The average Bonchev–Trinajstić information content (AvgIpc) is 3.21. The third-order valence-corrected chi connectivity index (χ3v) is 5.89. The summed E-state index contributed by atoms with van der Waals surface area (Å²) in [5, 5.41) is 2.85. The van der Waals surface area contributed by atoms with E-state index in [2.05, 4.69) is 22.3 Å². The maximum Gasteiger partial charge on any atom is 0.237 e. The van der Waals surface area contributed by atoms with Gasteiger partial charge in [-0.15, -0.1) is 0 Å². The van der Waals surface area contributed by atoms with Gasteiger partial charge in [0.1, 0.15) is 0 Å². The Balaban J connectivity index is 1.50. The van der Waals surface area contributed by atoms with Crippen LogP contribution in [0.2, 0.25) is 0 Å². The van der Waals surface area contributed by atoms with Gasteiger partial charge < -0.3 is 10.2 Å². The van der Waals surface area contributed by atoms with Gasteiger partial charge in [-0.05, 0) is 30.7 Å². The van der Waals surface area contributed by atoms with Crippen LogP contribution in [-0.2, 0) is 16.0 Å². The molecular formula is C21H31N3O2. The van der Waals surface area contributed by atoms with Crippen molar-refractivity contribution in [1.82, 2.24) is 15.1 Å². The minimum Gasteiger partial charge on any atom is -0.358 e. The van der Waals surface area contributed by atoms with Crippen LogP contribution < -0.4 is 5.32 Å². The SMILES string of the molecule is CNC(=O)C(C1CCCC1)N1CCN(C(=O)CCc2ccccc2)CC1. The van der Waals surface area contributed by atoms with Crippen LogP contribution >= 0.6 is 0 Å². The molecule has 2 amide bonds. The molecule has 0 radical (unpaired) electrons. The van der Waals surface area contributed by atoms with Crippen molar-refractivity contribution in [2.45, 2.75) is 44.6 Å². The number of hydrogen-bond donors (Lipinski definition) is 1. The third-order valence-electron chi connectivity index (χ3n) is 5.89.